The summed E-state index contributed by atoms with van der Waals surface area (Å²) >= 11 is 0. The molecule has 1 aliphatic heterocycles. The largest absolute Gasteiger partial charge is 0.465 e. The lowest BCUT2D eigenvalue weighted by Gasteiger charge is -2.10. The van der Waals surface area contributed by atoms with Gasteiger partial charge < -0.3 is 4.74 Å². The molecule has 0 saturated carbocycles. The highest BCUT2D eigenvalue weighted by Gasteiger charge is 2.04. The summed E-state index contributed by atoms with van der Waals surface area (Å²) in [6, 6.07) is 0. The molecule has 0 fully saturated rings. The van der Waals surface area contributed by atoms with Gasteiger partial charge in [-0.05, 0) is 38.0 Å². The molecule has 0 spiro atoms. The molecule has 0 N–H and O–H groups in total. The van der Waals surface area contributed by atoms with Crippen molar-refractivity contribution in [1.29, 1.82) is 0 Å². The van der Waals surface area contributed by atoms with Crippen molar-refractivity contribution in [3.05, 3.63) is 24.3 Å². The molecule has 1 heterocycles. The molecule has 1 unspecified atom stereocenters. The van der Waals surface area contributed by atoms with E-state index in [0.29, 0.717) is 18.9 Å². The third-order valence-electron chi connectivity index (χ3n) is 3.06. The molecule has 1 atom stereocenters. The van der Waals surface area contributed by atoms with Crippen LogP contribution in [0.2, 0.25) is 0 Å². The average Bonchev–Trinajstić information content (AvgIpc) is 2.31. The van der Waals surface area contributed by atoms with Gasteiger partial charge in [0, 0.05) is 0 Å². The Morgan fingerprint density at radius 2 is 1.76 bits per heavy atom. The number of ether oxygens (including phenoxy) is 1. The maximum atomic E-state index is 11.3. The number of hydrogen-bond donors (Lipinski definition) is 0. The molecular formula is C15H24O2. The zero-order valence-corrected chi connectivity index (χ0v) is 10.9. The fraction of sp³-hybridized carbons (Fsp3) is 0.667. The summed E-state index contributed by atoms with van der Waals surface area (Å²) in [4.78, 5) is 11.3. The van der Waals surface area contributed by atoms with Crippen LogP contribution in [0.1, 0.15) is 51.9 Å². The molecular weight excluding hydrogens is 212 g/mol. The molecule has 17 heavy (non-hydrogen) atoms. The zero-order chi connectivity index (χ0) is 12.3. The Balaban J connectivity index is 2.36. The summed E-state index contributed by atoms with van der Waals surface area (Å²) in [6.07, 6.45) is 15.6. The molecule has 0 saturated heterocycles. The van der Waals surface area contributed by atoms with Gasteiger partial charge in [0.1, 0.15) is 0 Å². The first-order valence-corrected chi connectivity index (χ1v) is 6.74. The second-order valence-electron chi connectivity index (χ2n) is 4.77. The Labute approximate surface area is 105 Å². The first kappa shape index (κ1) is 14.0. The molecule has 0 bridgehead atoms. The van der Waals surface area contributed by atoms with E-state index in [4.69, 9.17) is 4.74 Å². The third-order valence-corrected chi connectivity index (χ3v) is 3.06. The van der Waals surface area contributed by atoms with E-state index in [9.17, 15) is 4.79 Å². The van der Waals surface area contributed by atoms with Gasteiger partial charge in [0.2, 0.25) is 0 Å². The van der Waals surface area contributed by atoms with Gasteiger partial charge in [-0.2, -0.15) is 0 Å². The van der Waals surface area contributed by atoms with Crippen LogP contribution in [0.4, 0.5) is 0 Å². The second-order valence-corrected chi connectivity index (χ2v) is 4.77. The SMILES string of the molecule is CC1CCCC=CCC/C=C/CC(=O)OCC1. The lowest BCUT2D eigenvalue weighted by molar-refractivity contribution is -0.142. The molecule has 0 aromatic heterocycles. The standard InChI is InChI=1S/C15H24O2/c1-14-10-8-6-4-2-3-5-7-9-11-15(16)17-13-12-14/h2,4,7,9,14H,3,5-6,8,10-13H2,1H3/b4-2?,9-7+. The van der Waals surface area contributed by atoms with Crippen molar-refractivity contribution in [2.45, 2.75) is 51.9 Å². The van der Waals surface area contributed by atoms with Crippen LogP contribution >= 0.6 is 0 Å². The Morgan fingerprint density at radius 1 is 1.06 bits per heavy atom. The Hall–Kier alpha value is -1.05. The highest BCUT2D eigenvalue weighted by atomic mass is 16.5. The highest BCUT2D eigenvalue weighted by Crippen LogP contribution is 2.13. The molecule has 1 rings (SSSR count). The average molecular weight is 236 g/mol. The van der Waals surface area contributed by atoms with E-state index in [-0.39, 0.29) is 5.97 Å². The van der Waals surface area contributed by atoms with Gasteiger partial charge in [-0.1, -0.05) is 37.6 Å². The van der Waals surface area contributed by atoms with Crippen molar-refractivity contribution in [3.63, 3.8) is 0 Å². The van der Waals surface area contributed by atoms with Gasteiger partial charge in [-0.25, -0.2) is 0 Å². The summed E-state index contributed by atoms with van der Waals surface area (Å²) in [7, 11) is 0. The van der Waals surface area contributed by atoms with Gasteiger partial charge in [0.25, 0.3) is 0 Å². The molecule has 2 nitrogen and oxygen atoms in total. The molecule has 0 aromatic rings. The third kappa shape index (κ3) is 7.78. The Bertz CT molecular complexity index is 266. The first-order valence-electron chi connectivity index (χ1n) is 6.74. The number of carbonyl (C=O) groups excluding carboxylic acids is 1. The van der Waals surface area contributed by atoms with Crippen molar-refractivity contribution in [3.8, 4) is 0 Å². The van der Waals surface area contributed by atoms with Crippen molar-refractivity contribution in [2.24, 2.45) is 5.92 Å². The minimum absolute atomic E-state index is 0.0983. The molecule has 2 heteroatoms. The fourth-order valence-corrected chi connectivity index (χ4v) is 1.89. The molecule has 0 radical (unpaired) electrons. The minimum atomic E-state index is -0.0983. The summed E-state index contributed by atoms with van der Waals surface area (Å²) < 4.78 is 5.18. The summed E-state index contributed by atoms with van der Waals surface area (Å²) in [5, 5.41) is 0. The molecule has 0 amide bonds. The predicted octanol–water partition coefficient (Wildman–Crippen LogP) is 4.02. The monoisotopic (exact) mass is 236 g/mol. The minimum Gasteiger partial charge on any atom is -0.465 e. The number of cyclic esters (lactones) is 1. The van der Waals surface area contributed by atoms with E-state index in [1.807, 2.05) is 6.08 Å². The van der Waals surface area contributed by atoms with Crippen LogP contribution in [-0.4, -0.2) is 12.6 Å². The normalized spacial score (nSPS) is 26.6. The number of rotatable bonds is 0. The van der Waals surface area contributed by atoms with Crippen LogP contribution in [0, 0.1) is 5.92 Å². The molecule has 1 aliphatic rings. The fourth-order valence-electron chi connectivity index (χ4n) is 1.89. The smallest absolute Gasteiger partial charge is 0.309 e. The maximum absolute atomic E-state index is 11.3. The van der Waals surface area contributed by atoms with Crippen molar-refractivity contribution in [2.75, 3.05) is 6.61 Å². The Morgan fingerprint density at radius 3 is 2.59 bits per heavy atom. The number of carbonyl (C=O) groups is 1. The Kier molecular flexibility index (Phi) is 7.44. The van der Waals surface area contributed by atoms with Gasteiger partial charge in [-0.15, -0.1) is 0 Å². The van der Waals surface area contributed by atoms with Gasteiger partial charge >= 0.3 is 5.97 Å². The topological polar surface area (TPSA) is 26.3 Å². The lowest BCUT2D eigenvalue weighted by Crippen LogP contribution is -2.07. The summed E-state index contributed by atoms with van der Waals surface area (Å²) in [5.74, 6) is 0.552. The summed E-state index contributed by atoms with van der Waals surface area (Å²) in [6.45, 7) is 2.80. The first-order chi connectivity index (χ1) is 8.29. The predicted molar refractivity (Wildman–Crippen MR) is 70.7 cm³/mol. The van der Waals surface area contributed by atoms with E-state index in [1.165, 1.54) is 19.3 Å². The van der Waals surface area contributed by atoms with Crippen LogP contribution < -0.4 is 0 Å². The maximum Gasteiger partial charge on any atom is 0.309 e. The van der Waals surface area contributed by atoms with Gasteiger partial charge in [0.05, 0.1) is 13.0 Å². The summed E-state index contributed by atoms with van der Waals surface area (Å²) in [5.41, 5.74) is 0. The molecule has 96 valence electrons. The molecule has 0 aromatic carbocycles. The van der Waals surface area contributed by atoms with E-state index >= 15 is 0 Å². The van der Waals surface area contributed by atoms with Crippen molar-refractivity contribution < 1.29 is 9.53 Å². The van der Waals surface area contributed by atoms with Gasteiger partial charge in [-0.3, -0.25) is 4.79 Å². The number of esters is 1. The highest BCUT2D eigenvalue weighted by molar-refractivity contribution is 5.71. The van der Waals surface area contributed by atoms with E-state index < -0.39 is 0 Å². The van der Waals surface area contributed by atoms with Crippen LogP contribution in [-0.2, 0) is 9.53 Å². The van der Waals surface area contributed by atoms with E-state index in [2.05, 4.69) is 25.2 Å². The van der Waals surface area contributed by atoms with Crippen LogP contribution in [0.3, 0.4) is 0 Å². The van der Waals surface area contributed by atoms with Crippen LogP contribution in [0.5, 0.6) is 0 Å². The van der Waals surface area contributed by atoms with Crippen molar-refractivity contribution >= 4 is 5.97 Å². The van der Waals surface area contributed by atoms with Crippen molar-refractivity contribution in [1.82, 2.24) is 0 Å². The molecule has 0 aliphatic carbocycles. The zero-order valence-electron chi connectivity index (χ0n) is 10.9. The van der Waals surface area contributed by atoms with E-state index in [1.54, 1.807) is 0 Å². The number of allylic oxidation sites excluding steroid dienone is 3. The van der Waals surface area contributed by atoms with Gasteiger partial charge in [0.15, 0.2) is 0 Å². The lowest BCUT2D eigenvalue weighted by atomic mass is 10.0. The van der Waals surface area contributed by atoms with E-state index in [0.717, 1.165) is 19.3 Å². The second kappa shape index (κ2) is 9.03. The number of hydrogen-bond acceptors (Lipinski definition) is 2. The van der Waals surface area contributed by atoms with Crippen LogP contribution in [0.25, 0.3) is 0 Å². The quantitative estimate of drug-likeness (QED) is 0.469. The van der Waals surface area contributed by atoms with Crippen LogP contribution in [0.15, 0.2) is 24.3 Å².